The zero-order valence-corrected chi connectivity index (χ0v) is 15.1. The smallest absolute Gasteiger partial charge is 0.171 e. The van der Waals surface area contributed by atoms with Gasteiger partial charge in [0.05, 0.1) is 13.2 Å². The zero-order valence-electron chi connectivity index (χ0n) is 14.3. The second-order valence-electron chi connectivity index (χ2n) is 5.68. The third-order valence-electron chi connectivity index (χ3n) is 4.12. The molecule has 0 spiro atoms. The van der Waals surface area contributed by atoms with Gasteiger partial charge in [0.1, 0.15) is 11.3 Å². The Bertz CT molecular complexity index is 867. The molecule has 0 bridgehead atoms. The zero-order chi connectivity index (χ0) is 17.6. The minimum Gasteiger partial charge on any atom is -0.494 e. The number of methoxy groups -OCH3 is 1. The van der Waals surface area contributed by atoms with Crippen LogP contribution in [0.2, 0.25) is 0 Å². The number of pyridine rings is 1. The minimum absolute atomic E-state index is 0.170. The molecule has 5 heteroatoms. The summed E-state index contributed by atoms with van der Waals surface area (Å²) in [4.78, 5) is 4.42. The number of ether oxygens (including phenoxy) is 1. The van der Waals surface area contributed by atoms with Crippen molar-refractivity contribution < 1.29 is 4.74 Å². The number of hydrogen-bond donors (Lipinski definition) is 2. The van der Waals surface area contributed by atoms with E-state index in [9.17, 15) is 0 Å². The van der Waals surface area contributed by atoms with Gasteiger partial charge in [-0.15, -0.1) is 0 Å². The van der Waals surface area contributed by atoms with Gasteiger partial charge in [-0.3, -0.25) is 4.98 Å². The van der Waals surface area contributed by atoms with E-state index >= 15 is 0 Å². The number of thiocarbonyl (C=S) groups is 1. The van der Waals surface area contributed by atoms with Gasteiger partial charge in [0.15, 0.2) is 5.11 Å². The quantitative estimate of drug-likeness (QED) is 0.654. The monoisotopic (exact) mass is 351 g/mol. The number of fused-ring (bicyclic) bond motifs is 1. The summed E-state index contributed by atoms with van der Waals surface area (Å²) in [7, 11) is 1.65. The van der Waals surface area contributed by atoms with Gasteiger partial charge in [-0.1, -0.05) is 37.3 Å². The van der Waals surface area contributed by atoms with Gasteiger partial charge in [0.25, 0.3) is 0 Å². The number of aromatic nitrogens is 1. The van der Waals surface area contributed by atoms with Crippen LogP contribution in [0.1, 0.15) is 24.9 Å². The summed E-state index contributed by atoms with van der Waals surface area (Å²) in [6.45, 7) is 2.14. The molecule has 0 amide bonds. The van der Waals surface area contributed by atoms with Gasteiger partial charge in [0, 0.05) is 17.3 Å². The summed E-state index contributed by atoms with van der Waals surface area (Å²) < 4.78 is 5.39. The number of nitrogens with zero attached hydrogens (tertiary/aromatic N) is 1. The van der Waals surface area contributed by atoms with Crippen LogP contribution in [-0.4, -0.2) is 17.2 Å². The summed E-state index contributed by atoms with van der Waals surface area (Å²) in [6, 6.07) is 18.2. The Morgan fingerprint density at radius 2 is 1.92 bits per heavy atom. The van der Waals surface area contributed by atoms with Crippen molar-refractivity contribution >= 4 is 33.9 Å². The fourth-order valence-corrected chi connectivity index (χ4v) is 3.10. The van der Waals surface area contributed by atoms with E-state index < -0.39 is 0 Å². The molecule has 0 aliphatic rings. The summed E-state index contributed by atoms with van der Waals surface area (Å²) in [5.74, 6) is 0.746. The van der Waals surface area contributed by atoms with Crippen molar-refractivity contribution in [3.05, 3.63) is 66.4 Å². The highest BCUT2D eigenvalue weighted by Crippen LogP contribution is 2.29. The maximum Gasteiger partial charge on any atom is 0.171 e. The van der Waals surface area contributed by atoms with Crippen LogP contribution in [0.15, 0.2) is 60.8 Å². The lowest BCUT2D eigenvalue weighted by Gasteiger charge is -2.20. The van der Waals surface area contributed by atoms with E-state index in [0.717, 1.165) is 28.8 Å². The van der Waals surface area contributed by atoms with E-state index in [-0.39, 0.29) is 6.04 Å². The van der Waals surface area contributed by atoms with Gasteiger partial charge in [-0.2, -0.15) is 0 Å². The van der Waals surface area contributed by atoms with Crippen LogP contribution < -0.4 is 15.4 Å². The molecule has 4 nitrogen and oxygen atoms in total. The summed E-state index contributed by atoms with van der Waals surface area (Å²) in [5, 5.41) is 8.25. The average molecular weight is 351 g/mol. The first-order chi connectivity index (χ1) is 12.2. The van der Waals surface area contributed by atoms with Gasteiger partial charge in [-0.05, 0) is 48.5 Å². The number of nitrogens with one attached hydrogen (secondary N) is 2. The van der Waals surface area contributed by atoms with Crippen LogP contribution >= 0.6 is 12.2 Å². The SMILES string of the molecule is CC[C@@H](NC(=S)Nc1ccc(OC)c2ncccc12)c1ccccc1. The maximum absolute atomic E-state index is 5.53. The summed E-state index contributed by atoms with van der Waals surface area (Å²) >= 11 is 5.53. The number of benzene rings is 2. The van der Waals surface area contributed by atoms with E-state index in [0.29, 0.717) is 5.11 Å². The van der Waals surface area contributed by atoms with Gasteiger partial charge < -0.3 is 15.4 Å². The molecule has 25 heavy (non-hydrogen) atoms. The Labute approximate surface area is 153 Å². The molecule has 0 saturated carbocycles. The highest BCUT2D eigenvalue weighted by Gasteiger charge is 2.12. The molecule has 128 valence electrons. The Morgan fingerprint density at radius 1 is 1.12 bits per heavy atom. The molecule has 2 aromatic carbocycles. The molecule has 2 N–H and O–H groups in total. The molecular weight excluding hydrogens is 330 g/mol. The Kier molecular flexibility index (Phi) is 5.46. The van der Waals surface area contributed by atoms with Crippen LogP contribution in [0, 0.1) is 0 Å². The van der Waals surface area contributed by atoms with Gasteiger partial charge in [0.2, 0.25) is 0 Å². The van der Waals surface area contributed by atoms with E-state index in [2.05, 4.69) is 34.7 Å². The van der Waals surface area contributed by atoms with Crippen molar-refractivity contribution in [3.8, 4) is 5.75 Å². The maximum atomic E-state index is 5.53. The predicted octanol–water partition coefficient (Wildman–Crippen LogP) is 4.68. The molecule has 1 atom stereocenters. The topological polar surface area (TPSA) is 46.2 Å². The largest absolute Gasteiger partial charge is 0.494 e. The van der Waals surface area contributed by atoms with Gasteiger partial charge in [-0.25, -0.2) is 0 Å². The lowest BCUT2D eigenvalue weighted by molar-refractivity contribution is 0.419. The molecular formula is C20H21N3OS. The first-order valence-corrected chi connectivity index (χ1v) is 8.68. The van der Waals surface area contributed by atoms with Crippen LogP contribution in [0.25, 0.3) is 10.9 Å². The van der Waals surface area contributed by atoms with Crippen molar-refractivity contribution in [3.63, 3.8) is 0 Å². The number of hydrogen-bond acceptors (Lipinski definition) is 3. The molecule has 3 aromatic rings. The third-order valence-corrected chi connectivity index (χ3v) is 4.34. The van der Waals surface area contributed by atoms with E-state index in [1.165, 1.54) is 5.56 Å². The molecule has 3 rings (SSSR count). The van der Waals surface area contributed by atoms with Crippen LogP contribution in [-0.2, 0) is 0 Å². The van der Waals surface area contributed by atoms with E-state index in [1.54, 1.807) is 13.3 Å². The van der Waals surface area contributed by atoms with Crippen molar-refractivity contribution in [2.75, 3.05) is 12.4 Å². The molecule has 0 aliphatic carbocycles. The number of anilines is 1. The first kappa shape index (κ1) is 17.2. The molecule has 1 aromatic heterocycles. The lowest BCUT2D eigenvalue weighted by Crippen LogP contribution is -2.32. The van der Waals surface area contributed by atoms with E-state index in [1.807, 2.05) is 42.5 Å². The summed E-state index contributed by atoms with van der Waals surface area (Å²) in [6.07, 6.45) is 2.70. The molecule has 0 unspecified atom stereocenters. The predicted molar refractivity (Wildman–Crippen MR) is 107 cm³/mol. The lowest BCUT2D eigenvalue weighted by atomic mass is 10.1. The Balaban J connectivity index is 1.80. The van der Waals surface area contributed by atoms with Gasteiger partial charge >= 0.3 is 0 Å². The Hall–Kier alpha value is -2.66. The standard InChI is InChI=1S/C20H21N3OS/c1-3-16(14-8-5-4-6-9-14)22-20(25)23-17-11-12-18(24-2)19-15(17)10-7-13-21-19/h4-13,16H,3H2,1-2H3,(H2,22,23,25)/t16-/m1/s1. The van der Waals surface area contributed by atoms with Crippen molar-refractivity contribution in [2.24, 2.45) is 0 Å². The normalized spacial score (nSPS) is 11.8. The minimum atomic E-state index is 0.170. The fraction of sp³-hybridized carbons (Fsp3) is 0.200. The fourth-order valence-electron chi connectivity index (χ4n) is 2.84. The molecule has 0 fully saturated rings. The van der Waals surface area contributed by atoms with E-state index in [4.69, 9.17) is 17.0 Å². The molecule has 0 saturated heterocycles. The van der Waals surface area contributed by atoms with Crippen molar-refractivity contribution in [2.45, 2.75) is 19.4 Å². The van der Waals surface area contributed by atoms with Crippen molar-refractivity contribution in [1.29, 1.82) is 0 Å². The van der Waals surface area contributed by atoms with Crippen LogP contribution in [0.3, 0.4) is 0 Å². The first-order valence-electron chi connectivity index (χ1n) is 8.27. The van der Waals surface area contributed by atoms with Crippen molar-refractivity contribution in [1.82, 2.24) is 10.3 Å². The number of rotatable bonds is 5. The Morgan fingerprint density at radius 3 is 2.64 bits per heavy atom. The van der Waals surface area contributed by atoms with Crippen LogP contribution in [0.4, 0.5) is 5.69 Å². The second kappa shape index (κ2) is 7.94. The molecule has 0 radical (unpaired) electrons. The second-order valence-corrected chi connectivity index (χ2v) is 6.09. The third kappa shape index (κ3) is 3.88. The average Bonchev–Trinajstić information content (AvgIpc) is 2.67. The summed E-state index contributed by atoms with van der Waals surface area (Å²) in [5.41, 5.74) is 2.94. The highest BCUT2D eigenvalue weighted by molar-refractivity contribution is 7.80. The van der Waals surface area contributed by atoms with Crippen LogP contribution in [0.5, 0.6) is 5.75 Å². The molecule has 1 heterocycles. The molecule has 0 aliphatic heterocycles. The highest BCUT2D eigenvalue weighted by atomic mass is 32.1.